The van der Waals surface area contributed by atoms with E-state index in [0.717, 1.165) is 23.4 Å². The Morgan fingerprint density at radius 3 is 2.47 bits per heavy atom. The van der Waals surface area contributed by atoms with Gasteiger partial charge in [-0.15, -0.1) is 11.8 Å². The average Bonchev–Trinajstić information content (AvgIpc) is 2.91. The maximum absolute atomic E-state index is 13.8. The molecule has 5 nitrogen and oxygen atoms in total. The Kier molecular flexibility index (Phi) is 9.60. The van der Waals surface area contributed by atoms with Crippen LogP contribution in [-0.2, 0) is 16.6 Å². The monoisotopic (exact) mass is 544 g/mol. The van der Waals surface area contributed by atoms with Crippen LogP contribution in [0.1, 0.15) is 31.2 Å². The van der Waals surface area contributed by atoms with Crippen LogP contribution in [0.4, 0.5) is 5.69 Å². The molecule has 1 fully saturated rings. The zero-order valence-corrected chi connectivity index (χ0v) is 23.0. The fraction of sp³-hybridized carbons (Fsp3) is 0.357. The van der Waals surface area contributed by atoms with Gasteiger partial charge in [0.05, 0.1) is 23.7 Å². The lowest BCUT2D eigenvalue weighted by molar-refractivity contribution is 0.204. The van der Waals surface area contributed by atoms with Crippen LogP contribution in [0.25, 0.3) is 0 Å². The Morgan fingerprint density at radius 1 is 0.972 bits per heavy atom. The average molecular weight is 545 g/mol. The molecule has 192 valence electrons. The van der Waals surface area contributed by atoms with Crippen molar-refractivity contribution in [2.24, 2.45) is 0 Å². The largest absolute Gasteiger partial charge is 0.493 e. The van der Waals surface area contributed by atoms with Gasteiger partial charge in [-0.25, -0.2) is 8.42 Å². The Morgan fingerprint density at radius 2 is 1.72 bits per heavy atom. The minimum absolute atomic E-state index is 0.158. The quantitative estimate of drug-likeness (QED) is 0.198. The summed E-state index contributed by atoms with van der Waals surface area (Å²) >= 11 is 7.60. The van der Waals surface area contributed by atoms with E-state index in [-0.39, 0.29) is 11.4 Å². The van der Waals surface area contributed by atoms with Crippen LogP contribution < -0.4 is 9.04 Å². The third-order valence-corrected chi connectivity index (χ3v) is 9.12. The molecule has 0 aromatic heterocycles. The van der Waals surface area contributed by atoms with E-state index in [1.54, 1.807) is 36.0 Å². The third kappa shape index (κ3) is 6.97. The number of halogens is 1. The number of likely N-dealkylation sites (tertiary alicyclic amines) is 1. The second-order valence-electron chi connectivity index (χ2n) is 8.88. The lowest BCUT2D eigenvalue weighted by Crippen LogP contribution is -2.31. The van der Waals surface area contributed by atoms with Crippen molar-refractivity contribution in [1.82, 2.24) is 4.90 Å². The van der Waals surface area contributed by atoms with Crippen LogP contribution in [0.15, 0.2) is 82.6 Å². The second-order valence-corrected chi connectivity index (χ2v) is 12.1. The first kappa shape index (κ1) is 26.9. The van der Waals surface area contributed by atoms with Crippen molar-refractivity contribution < 1.29 is 13.2 Å². The molecule has 0 spiro atoms. The van der Waals surface area contributed by atoms with Crippen LogP contribution in [0, 0.1) is 0 Å². The number of para-hydroxylation sites is 1. The second kappa shape index (κ2) is 12.9. The standard InChI is InChI=1S/C28H33ClN2O3S2/c1-35-26-11-7-10-25(21-26)31(36(32,33)27-15-13-24(29)14-16-27)22-23-9-3-4-12-28(23)34-20-8-19-30-17-5-2-6-18-30/h3-4,7,9-16,21H,2,5-6,8,17-20,22H2,1H3. The number of piperidine rings is 1. The van der Waals surface area contributed by atoms with Crippen molar-refractivity contribution in [3.05, 3.63) is 83.4 Å². The van der Waals surface area contributed by atoms with Crippen molar-refractivity contribution in [1.29, 1.82) is 0 Å². The molecule has 0 atom stereocenters. The number of rotatable bonds is 11. The molecule has 3 aromatic carbocycles. The van der Waals surface area contributed by atoms with Gasteiger partial charge in [0, 0.05) is 22.0 Å². The number of hydrogen-bond acceptors (Lipinski definition) is 5. The number of anilines is 1. The summed E-state index contributed by atoms with van der Waals surface area (Å²) in [4.78, 5) is 3.69. The molecule has 0 amide bonds. The Bertz CT molecular complexity index is 1230. The Labute approximate surface area is 224 Å². The van der Waals surface area contributed by atoms with Gasteiger partial charge in [-0.2, -0.15) is 0 Å². The molecule has 0 bridgehead atoms. The maximum atomic E-state index is 13.8. The van der Waals surface area contributed by atoms with Gasteiger partial charge in [-0.3, -0.25) is 4.31 Å². The molecule has 0 N–H and O–H groups in total. The van der Waals surface area contributed by atoms with Gasteiger partial charge in [-0.05, 0) is 87.1 Å². The number of thioether (sulfide) groups is 1. The molecule has 0 aliphatic carbocycles. The molecule has 36 heavy (non-hydrogen) atoms. The fourth-order valence-electron chi connectivity index (χ4n) is 4.40. The van der Waals surface area contributed by atoms with Crippen molar-refractivity contribution in [3.8, 4) is 5.75 Å². The summed E-state index contributed by atoms with van der Waals surface area (Å²) in [5.74, 6) is 0.716. The summed E-state index contributed by atoms with van der Waals surface area (Å²) in [5.41, 5.74) is 1.43. The van der Waals surface area contributed by atoms with E-state index in [2.05, 4.69) is 4.90 Å². The number of benzene rings is 3. The molecule has 1 aliphatic heterocycles. The minimum Gasteiger partial charge on any atom is -0.493 e. The summed E-state index contributed by atoms with van der Waals surface area (Å²) < 4.78 is 35.3. The lowest BCUT2D eigenvalue weighted by atomic mass is 10.1. The predicted molar refractivity (Wildman–Crippen MR) is 150 cm³/mol. The van der Waals surface area contributed by atoms with Gasteiger partial charge < -0.3 is 9.64 Å². The van der Waals surface area contributed by atoms with Gasteiger partial charge in [0.2, 0.25) is 0 Å². The van der Waals surface area contributed by atoms with E-state index >= 15 is 0 Å². The first-order valence-corrected chi connectivity index (χ1v) is 15.4. The zero-order chi connectivity index (χ0) is 25.4. The first-order chi connectivity index (χ1) is 17.5. The highest BCUT2D eigenvalue weighted by Crippen LogP contribution is 2.31. The van der Waals surface area contributed by atoms with Crippen molar-refractivity contribution >= 4 is 39.1 Å². The Balaban J connectivity index is 1.56. The highest BCUT2D eigenvalue weighted by molar-refractivity contribution is 7.98. The number of nitrogens with zero attached hydrogens (tertiary/aromatic N) is 2. The molecule has 4 rings (SSSR count). The summed E-state index contributed by atoms with van der Waals surface area (Å²) in [7, 11) is -3.85. The van der Waals surface area contributed by atoms with Gasteiger partial charge in [0.1, 0.15) is 5.75 Å². The van der Waals surface area contributed by atoms with Gasteiger partial charge >= 0.3 is 0 Å². The Hall–Kier alpha value is -2.19. The van der Waals surface area contributed by atoms with Crippen LogP contribution in [-0.4, -0.2) is 45.8 Å². The minimum atomic E-state index is -3.85. The molecule has 1 heterocycles. The van der Waals surface area contributed by atoms with Gasteiger partial charge in [0.15, 0.2) is 0 Å². The molecular formula is C28H33ClN2O3S2. The van der Waals surface area contributed by atoms with Gasteiger partial charge in [-0.1, -0.05) is 42.3 Å². The molecule has 0 saturated carbocycles. The number of sulfonamides is 1. The summed E-state index contributed by atoms with van der Waals surface area (Å²) in [6.45, 7) is 4.12. The lowest BCUT2D eigenvalue weighted by Gasteiger charge is -2.27. The van der Waals surface area contributed by atoms with E-state index in [9.17, 15) is 8.42 Å². The van der Waals surface area contributed by atoms with E-state index in [4.69, 9.17) is 16.3 Å². The highest BCUT2D eigenvalue weighted by atomic mass is 35.5. The van der Waals surface area contributed by atoms with E-state index < -0.39 is 10.0 Å². The number of hydrogen-bond donors (Lipinski definition) is 0. The van der Waals surface area contributed by atoms with Gasteiger partial charge in [0.25, 0.3) is 10.0 Å². The summed E-state index contributed by atoms with van der Waals surface area (Å²) in [6.07, 6.45) is 6.80. The topological polar surface area (TPSA) is 49.9 Å². The molecule has 1 aliphatic rings. The van der Waals surface area contributed by atoms with Crippen molar-refractivity contribution in [2.45, 2.75) is 42.0 Å². The molecular weight excluding hydrogens is 512 g/mol. The molecule has 3 aromatic rings. The normalized spacial score (nSPS) is 14.5. The highest BCUT2D eigenvalue weighted by Gasteiger charge is 2.26. The fourth-order valence-corrected chi connectivity index (χ4v) is 6.41. The van der Waals surface area contributed by atoms with Crippen LogP contribution >= 0.6 is 23.4 Å². The van der Waals surface area contributed by atoms with E-state index in [1.807, 2.05) is 54.8 Å². The predicted octanol–water partition coefficient (Wildman–Crippen LogP) is 6.71. The summed E-state index contributed by atoms with van der Waals surface area (Å²) in [5, 5.41) is 0.494. The van der Waals surface area contributed by atoms with Crippen LogP contribution in [0.5, 0.6) is 5.75 Å². The smallest absolute Gasteiger partial charge is 0.264 e. The zero-order valence-electron chi connectivity index (χ0n) is 20.6. The van der Waals surface area contributed by atoms with Crippen LogP contribution in [0.3, 0.4) is 0 Å². The molecule has 0 unspecified atom stereocenters. The van der Waals surface area contributed by atoms with Crippen LogP contribution in [0.2, 0.25) is 5.02 Å². The molecule has 0 radical (unpaired) electrons. The van der Waals surface area contributed by atoms with Crippen molar-refractivity contribution in [2.75, 3.05) is 36.8 Å². The number of ether oxygens (including phenoxy) is 1. The van der Waals surface area contributed by atoms with E-state index in [1.165, 1.54) is 36.7 Å². The maximum Gasteiger partial charge on any atom is 0.264 e. The SMILES string of the molecule is CSc1cccc(N(Cc2ccccc2OCCCN2CCCCC2)S(=O)(=O)c2ccc(Cl)cc2)c1. The molecule has 8 heteroatoms. The van der Waals surface area contributed by atoms with Crippen molar-refractivity contribution in [3.63, 3.8) is 0 Å². The van der Waals surface area contributed by atoms with E-state index in [0.29, 0.717) is 23.1 Å². The first-order valence-electron chi connectivity index (χ1n) is 12.3. The summed E-state index contributed by atoms with van der Waals surface area (Å²) in [6, 6.07) is 21.6. The third-order valence-electron chi connectivity index (χ3n) is 6.35. The molecule has 1 saturated heterocycles.